The van der Waals surface area contributed by atoms with E-state index in [-0.39, 0.29) is 6.03 Å². The number of carbonyl (C=O) groups is 1. The van der Waals surface area contributed by atoms with Gasteiger partial charge in [0.2, 0.25) is 0 Å². The Balaban J connectivity index is 1.53. The molecule has 4 rings (SSSR count). The van der Waals surface area contributed by atoms with Crippen LogP contribution in [0.15, 0.2) is 65.7 Å². The van der Waals surface area contributed by atoms with Crippen LogP contribution in [0.5, 0.6) is 0 Å². The molecule has 1 fully saturated rings. The molecule has 2 aromatic carbocycles. The summed E-state index contributed by atoms with van der Waals surface area (Å²) >= 11 is 0. The third kappa shape index (κ3) is 2.81. The van der Waals surface area contributed by atoms with Gasteiger partial charge in [-0.1, -0.05) is 48.5 Å². The molecule has 0 bridgehead atoms. The molecule has 5 heteroatoms. The summed E-state index contributed by atoms with van der Waals surface area (Å²) in [5, 5.41) is 0. The Morgan fingerprint density at radius 3 is 2.20 bits per heavy atom. The van der Waals surface area contributed by atoms with E-state index < -0.39 is 5.54 Å². The van der Waals surface area contributed by atoms with Crippen LogP contribution in [0.1, 0.15) is 18.4 Å². The van der Waals surface area contributed by atoms with Gasteiger partial charge in [0.1, 0.15) is 11.4 Å². The van der Waals surface area contributed by atoms with Crippen molar-refractivity contribution in [1.29, 1.82) is 0 Å². The number of amides is 2. The lowest BCUT2D eigenvalue weighted by Gasteiger charge is -2.44. The van der Waals surface area contributed by atoms with E-state index in [1.165, 1.54) is 5.56 Å². The second-order valence-electron chi connectivity index (χ2n) is 6.74. The molecule has 2 aromatic rings. The highest BCUT2D eigenvalue weighted by Gasteiger charge is 2.50. The SMILES string of the molecule is NC1=NC(=O)N(c2ccccc2)C12CCN(Cc1ccccc1)CC2. The van der Waals surface area contributed by atoms with Crippen molar-refractivity contribution in [1.82, 2.24) is 4.90 Å². The van der Waals surface area contributed by atoms with Crippen molar-refractivity contribution in [3.05, 3.63) is 66.2 Å². The zero-order valence-electron chi connectivity index (χ0n) is 14.1. The zero-order valence-corrected chi connectivity index (χ0v) is 14.1. The van der Waals surface area contributed by atoms with Gasteiger partial charge in [-0.2, -0.15) is 4.99 Å². The Bertz CT molecular complexity index is 780. The number of aliphatic imine (C=N–C) groups is 1. The van der Waals surface area contributed by atoms with Crippen molar-refractivity contribution in [2.75, 3.05) is 18.0 Å². The van der Waals surface area contributed by atoms with Gasteiger partial charge in [-0.05, 0) is 30.5 Å². The van der Waals surface area contributed by atoms with E-state index in [1.807, 2.05) is 36.4 Å². The maximum atomic E-state index is 12.5. The molecule has 0 saturated carbocycles. The summed E-state index contributed by atoms with van der Waals surface area (Å²) in [7, 11) is 0. The maximum absolute atomic E-state index is 12.5. The monoisotopic (exact) mass is 334 g/mol. The van der Waals surface area contributed by atoms with Crippen LogP contribution < -0.4 is 10.6 Å². The summed E-state index contributed by atoms with van der Waals surface area (Å²) in [4.78, 5) is 20.8. The molecule has 0 radical (unpaired) electrons. The number of benzene rings is 2. The minimum atomic E-state index is -0.481. The maximum Gasteiger partial charge on any atom is 0.350 e. The molecule has 2 aliphatic heterocycles. The molecule has 0 atom stereocenters. The Morgan fingerprint density at radius 2 is 1.56 bits per heavy atom. The van der Waals surface area contributed by atoms with E-state index in [1.54, 1.807) is 4.90 Å². The minimum Gasteiger partial charge on any atom is -0.385 e. The molecular weight excluding hydrogens is 312 g/mol. The van der Waals surface area contributed by atoms with Crippen LogP contribution in [-0.4, -0.2) is 35.4 Å². The molecule has 1 saturated heterocycles. The van der Waals surface area contributed by atoms with Gasteiger partial charge in [-0.15, -0.1) is 0 Å². The molecule has 2 amide bonds. The molecule has 25 heavy (non-hydrogen) atoms. The van der Waals surface area contributed by atoms with Crippen molar-refractivity contribution in [2.24, 2.45) is 10.7 Å². The fraction of sp³-hybridized carbons (Fsp3) is 0.300. The number of urea groups is 1. The molecule has 1 spiro atoms. The van der Waals surface area contributed by atoms with E-state index in [0.717, 1.165) is 38.2 Å². The molecule has 128 valence electrons. The summed E-state index contributed by atoms with van der Waals surface area (Å²) in [6, 6.07) is 19.9. The van der Waals surface area contributed by atoms with Gasteiger partial charge in [0.05, 0.1) is 0 Å². The lowest BCUT2D eigenvalue weighted by Crippen LogP contribution is -2.60. The van der Waals surface area contributed by atoms with Crippen molar-refractivity contribution >= 4 is 17.6 Å². The van der Waals surface area contributed by atoms with Crippen molar-refractivity contribution < 1.29 is 4.79 Å². The van der Waals surface area contributed by atoms with Gasteiger partial charge in [-0.25, -0.2) is 4.79 Å². The number of rotatable bonds is 3. The fourth-order valence-corrected chi connectivity index (χ4v) is 3.89. The van der Waals surface area contributed by atoms with Gasteiger partial charge >= 0.3 is 6.03 Å². The molecule has 2 N–H and O–H groups in total. The van der Waals surface area contributed by atoms with Gasteiger partial charge in [0.25, 0.3) is 0 Å². The van der Waals surface area contributed by atoms with Gasteiger partial charge in [0, 0.05) is 25.3 Å². The average molecular weight is 334 g/mol. The van der Waals surface area contributed by atoms with Crippen molar-refractivity contribution in [2.45, 2.75) is 24.9 Å². The third-order valence-corrected chi connectivity index (χ3v) is 5.26. The first-order chi connectivity index (χ1) is 12.2. The predicted molar refractivity (Wildman–Crippen MR) is 99.6 cm³/mol. The normalized spacial score (nSPS) is 20.1. The summed E-state index contributed by atoms with van der Waals surface area (Å²) < 4.78 is 0. The number of para-hydroxylation sites is 1. The molecule has 5 nitrogen and oxygen atoms in total. The lowest BCUT2D eigenvalue weighted by atomic mass is 9.84. The number of nitrogens with two attached hydrogens (primary N) is 1. The first kappa shape index (κ1) is 15.8. The van der Waals surface area contributed by atoms with Crippen LogP contribution in [0.25, 0.3) is 0 Å². The van der Waals surface area contributed by atoms with Crippen LogP contribution in [0.2, 0.25) is 0 Å². The van der Waals surface area contributed by atoms with Crippen LogP contribution >= 0.6 is 0 Å². The second-order valence-corrected chi connectivity index (χ2v) is 6.74. The fourth-order valence-electron chi connectivity index (χ4n) is 3.89. The number of anilines is 1. The van der Waals surface area contributed by atoms with Crippen LogP contribution in [0, 0.1) is 0 Å². The van der Waals surface area contributed by atoms with E-state index in [2.05, 4.69) is 34.2 Å². The van der Waals surface area contributed by atoms with E-state index in [4.69, 9.17) is 5.73 Å². The number of likely N-dealkylation sites (tertiary alicyclic amines) is 1. The molecular formula is C20H22N4O. The molecule has 2 aliphatic rings. The smallest absolute Gasteiger partial charge is 0.350 e. The average Bonchev–Trinajstić information content (AvgIpc) is 2.88. The number of hydrogen-bond donors (Lipinski definition) is 1. The zero-order chi connectivity index (χ0) is 17.3. The van der Waals surface area contributed by atoms with Crippen LogP contribution in [0.3, 0.4) is 0 Å². The first-order valence-electron chi connectivity index (χ1n) is 8.69. The number of piperidine rings is 1. The lowest BCUT2D eigenvalue weighted by molar-refractivity contribution is 0.183. The van der Waals surface area contributed by atoms with Gasteiger partial charge in [-0.3, -0.25) is 9.80 Å². The Morgan fingerprint density at radius 1 is 0.960 bits per heavy atom. The minimum absolute atomic E-state index is 0.250. The number of carbonyl (C=O) groups excluding carboxylic acids is 1. The number of nitrogens with zero attached hydrogens (tertiary/aromatic N) is 3. The highest BCUT2D eigenvalue weighted by Crippen LogP contribution is 2.37. The van der Waals surface area contributed by atoms with Gasteiger partial charge < -0.3 is 5.73 Å². The van der Waals surface area contributed by atoms with Crippen LogP contribution in [0.4, 0.5) is 10.5 Å². The predicted octanol–water partition coefficient (Wildman–Crippen LogP) is 3.02. The van der Waals surface area contributed by atoms with E-state index in [9.17, 15) is 4.79 Å². The highest BCUT2D eigenvalue weighted by atomic mass is 16.2. The summed E-state index contributed by atoms with van der Waals surface area (Å²) in [5.74, 6) is 0.459. The number of amidine groups is 1. The quantitative estimate of drug-likeness (QED) is 0.938. The van der Waals surface area contributed by atoms with E-state index >= 15 is 0 Å². The Labute approximate surface area is 147 Å². The topological polar surface area (TPSA) is 61.9 Å². The standard InChI is InChI=1S/C20H22N4O/c21-18-20(24(19(25)22-18)17-9-5-2-6-10-17)11-13-23(14-12-20)15-16-7-3-1-4-8-16/h1-10H,11-15H2,(H2,21,22,25). The summed E-state index contributed by atoms with van der Waals surface area (Å²) in [5.41, 5.74) is 7.93. The summed E-state index contributed by atoms with van der Waals surface area (Å²) in [6.45, 7) is 2.71. The molecule has 0 aromatic heterocycles. The third-order valence-electron chi connectivity index (χ3n) is 5.26. The van der Waals surface area contributed by atoms with Crippen LogP contribution in [-0.2, 0) is 6.54 Å². The van der Waals surface area contributed by atoms with E-state index in [0.29, 0.717) is 5.84 Å². The second kappa shape index (κ2) is 6.33. The molecule has 2 heterocycles. The first-order valence-corrected chi connectivity index (χ1v) is 8.69. The molecule has 0 unspecified atom stereocenters. The Hall–Kier alpha value is -2.66. The largest absolute Gasteiger partial charge is 0.385 e. The Kier molecular flexibility index (Phi) is 4.01. The van der Waals surface area contributed by atoms with Crippen molar-refractivity contribution in [3.63, 3.8) is 0 Å². The summed E-state index contributed by atoms with van der Waals surface area (Å²) in [6.07, 6.45) is 1.60. The molecule has 0 aliphatic carbocycles. The highest BCUT2D eigenvalue weighted by molar-refractivity contribution is 6.15. The number of hydrogen-bond acceptors (Lipinski definition) is 3. The van der Waals surface area contributed by atoms with Gasteiger partial charge in [0.15, 0.2) is 0 Å². The van der Waals surface area contributed by atoms with Crippen molar-refractivity contribution in [3.8, 4) is 0 Å².